The number of amides is 1. The second-order valence-electron chi connectivity index (χ2n) is 2.54. The number of carbonyl (C=O) groups is 1. The van der Waals surface area contributed by atoms with Crippen LogP contribution in [0.2, 0.25) is 0 Å². The zero-order valence-electron chi connectivity index (χ0n) is 7.54. The summed E-state index contributed by atoms with van der Waals surface area (Å²) in [4.78, 5) is 9.89. The number of nitrogens with two attached hydrogens (primary N) is 1. The minimum atomic E-state index is -3.75. The van der Waals surface area contributed by atoms with Crippen molar-refractivity contribution in [3.05, 3.63) is 11.5 Å². The van der Waals surface area contributed by atoms with E-state index in [0.717, 1.165) is 6.42 Å². The number of hydrogen-bond donors (Lipinski definition) is 2. The molecule has 0 saturated carbocycles. The van der Waals surface area contributed by atoms with Crippen molar-refractivity contribution in [1.82, 2.24) is 4.72 Å². The minimum Gasteiger partial charge on any atom is -0.365 e. The summed E-state index contributed by atoms with van der Waals surface area (Å²) in [5.41, 5.74) is 4.77. The van der Waals surface area contributed by atoms with Gasteiger partial charge >= 0.3 is 0 Å². The molecule has 0 atom stereocenters. The molecule has 13 heavy (non-hydrogen) atoms. The van der Waals surface area contributed by atoms with Gasteiger partial charge in [-0.15, -0.1) is 0 Å². The van der Waals surface area contributed by atoms with E-state index >= 15 is 0 Å². The average molecular weight is 206 g/mol. The number of hydrogen-bond acceptors (Lipinski definition) is 3. The lowest BCUT2D eigenvalue weighted by molar-refractivity contribution is -0.113. The first kappa shape index (κ1) is 12.1. The van der Waals surface area contributed by atoms with E-state index in [2.05, 4.69) is 11.3 Å². The van der Waals surface area contributed by atoms with Crippen LogP contribution in [0.5, 0.6) is 0 Å². The normalized spacial score (nSPS) is 11.2. The summed E-state index contributed by atoms with van der Waals surface area (Å²) >= 11 is 0. The molecule has 0 unspecified atom stereocenters. The molecule has 0 saturated heterocycles. The Morgan fingerprint density at radius 1 is 1.54 bits per heavy atom. The van der Waals surface area contributed by atoms with Gasteiger partial charge in [0.2, 0.25) is 10.0 Å². The third kappa shape index (κ3) is 4.05. The molecule has 0 aliphatic rings. The van der Waals surface area contributed by atoms with Crippen LogP contribution in [-0.4, -0.2) is 20.9 Å². The van der Waals surface area contributed by atoms with E-state index in [-0.39, 0.29) is 0 Å². The van der Waals surface area contributed by atoms with Gasteiger partial charge in [-0.1, -0.05) is 19.9 Å². The van der Waals surface area contributed by atoms with Crippen molar-refractivity contribution in [3.8, 4) is 0 Å². The fraction of sp³-hybridized carbons (Fsp3) is 0.571. The Labute approximate surface area is 78.1 Å². The highest BCUT2D eigenvalue weighted by molar-refractivity contribution is 7.94. The summed E-state index contributed by atoms with van der Waals surface area (Å²) in [5, 5.41) is 0. The van der Waals surface area contributed by atoms with E-state index in [9.17, 15) is 13.2 Å². The topological polar surface area (TPSA) is 89.3 Å². The van der Waals surface area contributed by atoms with Crippen LogP contribution in [0.15, 0.2) is 11.5 Å². The Morgan fingerprint density at radius 2 is 2.08 bits per heavy atom. The molecule has 0 rings (SSSR count). The van der Waals surface area contributed by atoms with Crippen LogP contribution in [0.4, 0.5) is 0 Å². The zero-order valence-corrected chi connectivity index (χ0v) is 8.36. The molecule has 5 nitrogen and oxygen atoms in total. The van der Waals surface area contributed by atoms with Crippen molar-refractivity contribution in [2.45, 2.75) is 19.8 Å². The summed E-state index contributed by atoms with van der Waals surface area (Å²) in [5.74, 6) is -1.02. The largest absolute Gasteiger partial charge is 0.365 e. The third-order valence-corrected chi connectivity index (χ3v) is 2.86. The third-order valence-electron chi connectivity index (χ3n) is 1.42. The zero-order chi connectivity index (χ0) is 10.5. The van der Waals surface area contributed by atoms with Crippen molar-refractivity contribution < 1.29 is 13.2 Å². The van der Waals surface area contributed by atoms with Crippen LogP contribution in [-0.2, 0) is 14.8 Å². The highest BCUT2D eigenvalue weighted by atomic mass is 32.2. The Balaban J connectivity index is 4.25. The predicted molar refractivity (Wildman–Crippen MR) is 50.2 cm³/mol. The minimum absolute atomic E-state index is 0.297. The summed E-state index contributed by atoms with van der Waals surface area (Å²) in [7, 11) is -3.75. The maximum absolute atomic E-state index is 11.1. The van der Waals surface area contributed by atoms with Gasteiger partial charge in [-0.2, -0.15) is 0 Å². The van der Waals surface area contributed by atoms with Gasteiger partial charge in [-0.3, -0.25) is 4.79 Å². The number of unbranched alkanes of at least 4 members (excludes halogenated alkanes) is 1. The van der Waals surface area contributed by atoms with E-state index in [4.69, 9.17) is 5.73 Å². The summed E-state index contributed by atoms with van der Waals surface area (Å²) in [6.07, 6.45) is 1.58. The summed E-state index contributed by atoms with van der Waals surface area (Å²) < 4.78 is 24.5. The van der Waals surface area contributed by atoms with Crippen LogP contribution in [0.1, 0.15) is 19.8 Å². The standard InChI is InChI=1S/C7H14N2O3S/c1-3-4-5-9-13(11,12)6(2)7(8)10/h9H,2-5H2,1H3,(H2,8,10). The highest BCUT2D eigenvalue weighted by Crippen LogP contribution is 1.99. The van der Waals surface area contributed by atoms with E-state index in [1.165, 1.54) is 0 Å². The van der Waals surface area contributed by atoms with Crippen LogP contribution < -0.4 is 10.5 Å². The Hall–Kier alpha value is -0.880. The van der Waals surface area contributed by atoms with Crippen LogP contribution in [0, 0.1) is 0 Å². The summed E-state index contributed by atoms with van der Waals surface area (Å²) in [6.45, 7) is 5.30. The van der Waals surface area contributed by atoms with Gasteiger partial charge in [0, 0.05) is 6.54 Å². The Bertz CT molecular complexity index is 295. The van der Waals surface area contributed by atoms with Gasteiger partial charge in [0.1, 0.15) is 4.91 Å². The fourth-order valence-electron chi connectivity index (χ4n) is 0.603. The number of sulfonamides is 1. The molecule has 0 aromatic carbocycles. The first-order chi connectivity index (χ1) is 5.91. The van der Waals surface area contributed by atoms with E-state index in [1.54, 1.807) is 0 Å². The Kier molecular flexibility index (Phi) is 4.64. The average Bonchev–Trinajstić information content (AvgIpc) is 2.03. The molecule has 0 heterocycles. The quantitative estimate of drug-likeness (QED) is 0.462. The van der Waals surface area contributed by atoms with Crippen molar-refractivity contribution >= 4 is 15.9 Å². The molecule has 0 fully saturated rings. The van der Waals surface area contributed by atoms with Gasteiger partial charge in [-0.25, -0.2) is 13.1 Å². The molecular weight excluding hydrogens is 192 g/mol. The van der Waals surface area contributed by atoms with Crippen molar-refractivity contribution in [1.29, 1.82) is 0 Å². The molecule has 0 aliphatic heterocycles. The molecule has 0 bridgehead atoms. The molecule has 0 aromatic rings. The molecule has 3 N–H and O–H groups in total. The first-order valence-corrected chi connectivity index (χ1v) is 5.38. The van der Waals surface area contributed by atoms with Crippen LogP contribution in [0.3, 0.4) is 0 Å². The second-order valence-corrected chi connectivity index (χ2v) is 4.33. The number of rotatable bonds is 6. The number of carbonyl (C=O) groups excluding carboxylic acids is 1. The first-order valence-electron chi connectivity index (χ1n) is 3.90. The summed E-state index contributed by atoms with van der Waals surface area (Å²) in [6, 6.07) is 0. The van der Waals surface area contributed by atoms with Gasteiger partial charge in [0.15, 0.2) is 0 Å². The number of nitrogens with one attached hydrogen (secondary N) is 1. The molecule has 6 heteroatoms. The number of primary amides is 1. The van der Waals surface area contributed by atoms with Crippen molar-refractivity contribution in [2.24, 2.45) is 5.73 Å². The van der Waals surface area contributed by atoms with E-state index < -0.39 is 20.8 Å². The van der Waals surface area contributed by atoms with Gasteiger partial charge in [-0.05, 0) is 6.42 Å². The lowest BCUT2D eigenvalue weighted by Gasteiger charge is -2.04. The van der Waals surface area contributed by atoms with Crippen molar-refractivity contribution in [3.63, 3.8) is 0 Å². The van der Waals surface area contributed by atoms with E-state index in [0.29, 0.717) is 13.0 Å². The monoisotopic (exact) mass is 206 g/mol. The molecule has 0 aliphatic carbocycles. The van der Waals surface area contributed by atoms with E-state index in [1.807, 2.05) is 6.92 Å². The predicted octanol–water partition coefficient (Wildman–Crippen LogP) is -0.295. The Morgan fingerprint density at radius 3 is 2.46 bits per heavy atom. The smallest absolute Gasteiger partial charge is 0.261 e. The fourth-order valence-corrected chi connectivity index (χ4v) is 1.46. The molecular formula is C7H14N2O3S. The maximum Gasteiger partial charge on any atom is 0.261 e. The maximum atomic E-state index is 11.1. The molecule has 0 radical (unpaired) electrons. The molecule has 1 amide bonds. The van der Waals surface area contributed by atoms with Crippen LogP contribution >= 0.6 is 0 Å². The van der Waals surface area contributed by atoms with Gasteiger partial charge < -0.3 is 5.73 Å². The highest BCUT2D eigenvalue weighted by Gasteiger charge is 2.18. The second kappa shape index (κ2) is 4.98. The van der Waals surface area contributed by atoms with Gasteiger partial charge in [0.25, 0.3) is 5.91 Å². The molecule has 0 aromatic heterocycles. The lowest BCUT2D eigenvalue weighted by atomic mass is 10.3. The van der Waals surface area contributed by atoms with Gasteiger partial charge in [0.05, 0.1) is 0 Å². The SMILES string of the molecule is C=C(C(N)=O)S(=O)(=O)NCCCC. The van der Waals surface area contributed by atoms with Crippen LogP contribution in [0.25, 0.3) is 0 Å². The lowest BCUT2D eigenvalue weighted by Crippen LogP contribution is -2.31. The van der Waals surface area contributed by atoms with Crippen molar-refractivity contribution in [2.75, 3.05) is 6.54 Å². The molecule has 0 spiro atoms. The molecule has 76 valence electrons.